The minimum atomic E-state index is -0.196. The van der Waals surface area contributed by atoms with Gasteiger partial charge in [-0.25, -0.2) is 4.98 Å². The number of nitrogens with zero attached hydrogens (tertiary/aromatic N) is 2. The van der Waals surface area contributed by atoms with E-state index >= 15 is 0 Å². The molecule has 0 N–H and O–H groups in total. The highest BCUT2D eigenvalue weighted by Gasteiger charge is 2.33. The first kappa shape index (κ1) is 12.1. The van der Waals surface area contributed by atoms with Crippen LogP contribution in [0.1, 0.15) is 31.3 Å². The molecule has 0 radical (unpaired) electrons. The maximum Gasteiger partial charge on any atom is 0.213 e. The molecule has 0 bridgehead atoms. The third-order valence-corrected chi connectivity index (χ3v) is 4.43. The number of carbonyl (C=O) groups excluding carboxylic acids is 2. The fourth-order valence-corrected chi connectivity index (χ4v) is 3.35. The number of pyridine rings is 1. The van der Waals surface area contributed by atoms with Crippen molar-refractivity contribution >= 4 is 22.9 Å². The summed E-state index contributed by atoms with van der Waals surface area (Å²) in [7, 11) is 0. The lowest BCUT2D eigenvalue weighted by molar-refractivity contribution is 0.0979. The maximum absolute atomic E-state index is 12.5. The summed E-state index contributed by atoms with van der Waals surface area (Å²) < 4.78 is 0. The van der Waals surface area contributed by atoms with Gasteiger partial charge in [0.05, 0.1) is 5.69 Å². The lowest BCUT2D eigenvalue weighted by Crippen LogP contribution is -2.19. The molecule has 0 atom stereocenters. The number of carbonyl (C=O) groups is 2. The molecule has 0 amide bonds. The number of ketones is 2. The van der Waals surface area contributed by atoms with Crippen LogP contribution in [0, 0.1) is 0 Å². The van der Waals surface area contributed by atoms with E-state index < -0.39 is 0 Å². The minimum Gasteiger partial charge on any atom is -0.288 e. The van der Waals surface area contributed by atoms with Crippen LogP contribution in [0.2, 0.25) is 0 Å². The molecule has 3 aromatic rings. The Kier molecular flexibility index (Phi) is 2.55. The van der Waals surface area contributed by atoms with Crippen LogP contribution < -0.4 is 0 Å². The van der Waals surface area contributed by atoms with Gasteiger partial charge < -0.3 is 0 Å². The average molecular weight is 292 g/mol. The lowest BCUT2D eigenvalue weighted by atomic mass is 9.91. The van der Waals surface area contributed by atoms with Gasteiger partial charge in [-0.05, 0) is 12.1 Å². The SMILES string of the molecule is O=C1c2ccccc2C(=O)c2sc(-c3ccccn3)nc21. The number of benzene rings is 1. The van der Waals surface area contributed by atoms with Gasteiger partial charge in [-0.3, -0.25) is 14.6 Å². The number of fused-ring (bicyclic) bond motifs is 2. The molecule has 0 saturated carbocycles. The van der Waals surface area contributed by atoms with Crippen molar-refractivity contribution in [3.8, 4) is 10.7 Å². The number of hydrogen-bond acceptors (Lipinski definition) is 5. The van der Waals surface area contributed by atoms with Crippen molar-refractivity contribution in [1.29, 1.82) is 0 Å². The second-order valence-electron chi connectivity index (χ2n) is 4.62. The van der Waals surface area contributed by atoms with Crippen molar-refractivity contribution in [3.05, 3.63) is 70.4 Å². The highest BCUT2D eigenvalue weighted by molar-refractivity contribution is 7.17. The second kappa shape index (κ2) is 4.43. The smallest absolute Gasteiger partial charge is 0.213 e. The number of hydrogen-bond donors (Lipinski definition) is 0. The van der Waals surface area contributed by atoms with Crippen molar-refractivity contribution in [1.82, 2.24) is 9.97 Å². The van der Waals surface area contributed by atoms with Crippen LogP contribution in [0.25, 0.3) is 10.7 Å². The first-order valence-electron chi connectivity index (χ1n) is 6.36. The first-order chi connectivity index (χ1) is 10.3. The Labute approximate surface area is 124 Å². The van der Waals surface area contributed by atoms with Gasteiger partial charge in [0, 0.05) is 17.3 Å². The summed E-state index contributed by atoms with van der Waals surface area (Å²) in [5.74, 6) is -0.335. The Morgan fingerprint density at radius 1 is 0.857 bits per heavy atom. The third-order valence-electron chi connectivity index (χ3n) is 3.35. The predicted octanol–water partition coefficient (Wildman–Crippen LogP) is 2.98. The van der Waals surface area contributed by atoms with Gasteiger partial charge in [0.25, 0.3) is 0 Å². The van der Waals surface area contributed by atoms with Crippen molar-refractivity contribution in [2.24, 2.45) is 0 Å². The highest BCUT2D eigenvalue weighted by atomic mass is 32.1. The maximum atomic E-state index is 12.5. The van der Waals surface area contributed by atoms with Crippen molar-refractivity contribution in [2.75, 3.05) is 0 Å². The molecule has 1 aliphatic rings. The van der Waals surface area contributed by atoms with Crippen molar-refractivity contribution in [2.45, 2.75) is 0 Å². The van der Waals surface area contributed by atoms with Gasteiger partial charge in [-0.1, -0.05) is 30.3 Å². The van der Waals surface area contributed by atoms with E-state index in [0.29, 0.717) is 26.7 Å². The fourth-order valence-electron chi connectivity index (χ4n) is 2.36. The highest BCUT2D eigenvalue weighted by Crippen LogP contribution is 2.34. The zero-order chi connectivity index (χ0) is 14.4. The molecule has 0 fully saturated rings. The number of thiazole rings is 1. The van der Waals surface area contributed by atoms with Gasteiger partial charge in [-0.15, -0.1) is 11.3 Å². The summed E-state index contributed by atoms with van der Waals surface area (Å²) in [6.45, 7) is 0. The van der Waals surface area contributed by atoms with E-state index in [9.17, 15) is 9.59 Å². The second-order valence-corrected chi connectivity index (χ2v) is 5.61. The summed E-state index contributed by atoms with van der Waals surface area (Å²) in [6.07, 6.45) is 1.66. The molecule has 5 heteroatoms. The molecule has 2 aromatic heterocycles. The van der Waals surface area contributed by atoms with E-state index in [1.54, 1.807) is 30.5 Å². The molecule has 4 nitrogen and oxygen atoms in total. The normalized spacial score (nSPS) is 13.0. The summed E-state index contributed by atoms with van der Waals surface area (Å²) in [6, 6.07) is 12.3. The minimum absolute atomic E-state index is 0.139. The Hall–Kier alpha value is -2.66. The molecule has 1 aromatic carbocycles. The van der Waals surface area contributed by atoms with Crippen LogP contribution in [0.15, 0.2) is 48.7 Å². The van der Waals surface area contributed by atoms with Crippen molar-refractivity contribution < 1.29 is 9.59 Å². The molecule has 21 heavy (non-hydrogen) atoms. The largest absolute Gasteiger partial charge is 0.288 e. The lowest BCUT2D eigenvalue weighted by Gasteiger charge is -2.11. The van der Waals surface area contributed by atoms with Crippen LogP contribution in [0.4, 0.5) is 0 Å². The van der Waals surface area contributed by atoms with Gasteiger partial charge in [0.1, 0.15) is 15.6 Å². The molecule has 0 unspecified atom stereocenters. The van der Waals surface area contributed by atoms with Gasteiger partial charge >= 0.3 is 0 Å². The zero-order valence-electron chi connectivity index (χ0n) is 10.7. The molecule has 0 spiro atoms. The molecule has 0 aliphatic heterocycles. The Morgan fingerprint density at radius 2 is 1.57 bits per heavy atom. The van der Waals surface area contributed by atoms with E-state index in [-0.39, 0.29) is 17.3 Å². The van der Waals surface area contributed by atoms with Crippen LogP contribution in [-0.4, -0.2) is 21.5 Å². The first-order valence-corrected chi connectivity index (χ1v) is 7.18. The van der Waals surface area contributed by atoms with Crippen LogP contribution in [-0.2, 0) is 0 Å². The molecule has 4 rings (SSSR count). The standard InChI is InChI=1S/C16H8N2O2S/c19-13-9-5-1-2-6-10(9)14(20)15-12(13)18-16(21-15)11-7-3-4-8-17-11/h1-8H. The molecule has 2 heterocycles. The van der Waals surface area contributed by atoms with Gasteiger partial charge in [0.2, 0.25) is 11.6 Å². The summed E-state index contributed by atoms with van der Waals surface area (Å²) in [5, 5.41) is 0.593. The molecular weight excluding hydrogens is 284 g/mol. The van der Waals surface area contributed by atoms with E-state index in [1.165, 1.54) is 11.3 Å². The van der Waals surface area contributed by atoms with E-state index in [1.807, 2.05) is 18.2 Å². The van der Waals surface area contributed by atoms with E-state index in [2.05, 4.69) is 9.97 Å². The van der Waals surface area contributed by atoms with Gasteiger partial charge in [0.15, 0.2) is 0 Å². The van der Waals surface area contributed by atoms with Gasteiger partial charge in [-0.2, -0.15) is 0 Å². The third kappa shape index (κ3) is 1.75. The Morgan fingerprint density at radius 3 is 2.29 bits per heavy atom. The van der Waals surface area contributed by atoms with Crippen LogP contribution in [0.3, 0.4) is 0 Å². The quantitative estimate of drug-likeness (QED) is 0.541. The molecule has 1 aliphatic carbocycles. The van der Waals surface area contributed by atoms with Crippen LogP contribution >= 0.6 is 11.3 Å². The van der Waals surface area contributed by atoms with Crippen molar-refractivity contribution in [3.63, 3.8) is 0 Å². The summed E-state index contributed by atoms with van der Waals surface area (Å²) >= 11 is 1.22. The average Bonchev–Trinajstić information content (AvgIpc) is 2.99. The summed E-state index contributed by atoms with van der Waals surface area (Å²) in [5.41, 5.74) is 1.78. The fraction of sp³-hybridized carbons (Fsp3) is 0. The van der Waals surface area contributed by atoms with Crippen LogP contribution in [0.5, 0.6) is 0 Å². The zero-order valence-corrected chi connectivity index (χ0v) is 11.6. The molecular formula is C16H8N2O2S. The summed E-state index contributed by atoms with van der Waals surface area (Å²) in [4.78, 5) is 33.9. The Bertz CT molecular complexity index is 832. The Balaban J connectivity index is 1.92. The molecule has 0 saturated heterocycles. The van der Waals surface area contributed by atoms with E-state index in [0.717, 1.165) is 0 Å². The van der Waals surface area contributed by atoms with E-state index in [4.69, 9.17) is 0 Å². The molecule has 100 valence electrons. The predicted molar refractivity (Wildman–Crippen MR) is 78.7 cm³/mol. The topological polar surface area (TPSA) is 59.9 Å². The number of rotatable bonds is 1. The monoisotopic (exact) mass is 292 g/mol. The number of aromatic nitrogens is 2.